The van der Waals surface area contributed by atoms with Crippen molar-refractivity contribution in [2.75, 3.05) is 0 Å². The second kappa shape index (κ2) is 4.82. The van der Waals surface area contributed by atoms with Gasteiger partial charge in [0, 0.05) is 0 Å². The summed E-state index contributed by atoms with van der Waals surface area (Å²) in [5.41, 5.74) is 0. The molecule has 0 aromatic heterocycles. The molecule has 13 heavy (non-hydrogen) atoms. The first-order valence-electron chi connectivity index (χ1n) is 5.43. The number of hydrogen-bond donors (Lipinski definition) is 0. The van der Waals surface area contributed by atoms with E-state index in [-0.39, 0.29) is 0 Å². The van der Waals surface area contributed by atoms with Gasteiger partial charge in [-0.25, -0.2) is 0 Å². The van der Waals surface area contributed by atoms with Gasteiger partial charge >= 0.3 is 34.5 Å². The van der Waals surface area contributed by atoms with Crippen molar-refractivity contribution in [3.8, 4) is 0 Å². The Hall–Kier alpha value is 1.20. The molecule has 4 fully saturated rings. The number of halogens is 2. The second-order valence-electron chi connectivity index (χ2n) is 4.98. The molecule has 0 amide bonds. The van der Waals surface area contributed by atoms with Gasteiger partial charge in [0.1, 0.15) is 0 Å². The zero-order valence-electron chi connectivity index (χ0n) is 8.02. The molecule has 4 aliphatic rings. The van der Waals surface area contributed by atoms with E-state index in [1.165, 1.54) is 23.7 Å². The zero-order chi connectivity index (χ0) is 9.26. The third kappa shape index (κ3) is 2.61. The molecule has 4 aliphatic carbocycles. The van der Waals surface area contributed by atoms with Crippen LogP contribution in [0.1, 0.15) is 38.5 Å². The summed E-state index contributed by atoms with van der Waals surface area (Å²) in [6.45, 7) is 0. The molecule has 3 heteroatoms. The third-order valence-electron chi connectivity index (χ3n) is 4.00. The standard InChI is InChI=1S/C10H16.2ClH.Zn/c1-7-2-9-4-8(1)5-10(3-7)6-9;;;/h7-10H,1-6H2;2*1H;/q;;;+2/p-2. The molecule has 72 valence electrons. The van der Waals surface area contributed by atoms with Crippen molar-refractivity contribution in [1.29, 1.82) is 0 Å². The average Bonchev–Trinajstić information content (AvgIpc) is 2.01. The second-order valence-corrected chi connectivity index (χ2v) is 9.60. The van der Waals surface area contributed by atoms with Crippen LogP contribution in [0.3, 0.4) is 0 Å². The van der Waals surface area contributed by atoms with E-state index >= 15 is 0 Å². The van der Waals surface area contributed by atoms with Crippen LogP contribution in [0.25, 0.3) is 0 Å². The molecule has 0 aromatic carbocycles. The fourth-order valence-electron chi connectivity index (χ4n) is 3.98. The van der Waals surface area contributed by atoms with Crippen molar-refractivity contribution < 1.29 is 15.1 Å². The molecule has 0 unspecified atom stereocenters. The van der Waals surface area contributed by atoms with E-state index in [1.54, 1.807) is 38.5 Å². The van der Waals surface area contributed by atoms with Crippen molar-refractivity contribution in [2.45, 2.75) is 38.5 Å². The Labute approximate surface area is 96.4 Å². The van der Waals surface area contributed by atoms with Crippen molar-refractivity contribution in [1.82, 2.24) is 0 Å². The van der Waals surface area contributed by atoms with Gasteiger partial charge in [-0.15, -0.1) is 0 Å². The van der Waals surface area contributed by atoms with Crippen molar-refractivity contribution >= 4 is 19.4 Å². The third-order valence-corrected chi connectivity index (χ3v) is 4.00. The minimum absolute atomic E-state index is 0.931. The molecule has 4 bridgehead atoms. The van der Waals surface area contributed by atoms with Gasteiger partial charge in [0.15, 0.2) is 0 Å². The average molecular weight is 273 g/mol. The molecule has 0 aromatic rings. The van der Waals surface area contributed by atoms with E-state index in [1.807, 2.05) is 0 Å². The van der Waals surface area contributed by atoms with Crippen LogP contribution in [-0.4, -0.2) is 0 Å². The summed E-state index contributed by atoms with van der Waals surface area (Å²) in [5.74, 6) is 4.71. The fraction of sp³-hybridized carbons (Fsp3) is 1.00. The Morgan fingerprint density at radius 3 is 0.923 bits per heavy atom. The topological polar surface area (TPSA) is 0 Å². The summed E-state index contributed by atoms with van der Waals surface area (Å²) in [6, 6.07) is 0. The van der Waals surface area contributed by atoms with Gasteiger partial charge < -0.3 is 0 Å². The van der Waals surface area contributed by atoms with Crippen LogP contribution in [0.2, 0.25) is 0 Å². The summed E-state index contributed by atoms with van der Waals surface area (Å²) in [7, 11) is 9.90. The Kier molecular flexibility index (Phi) is 3.97. The van der Waals surface area contributed by atoms with Crippen LogP contribution in [0, 0.1) is 23.7 Å². The van der Waals surface area contributed by atoms with E-state index in [0.717, 1.165) is 0 Å². The van der Waals surface area contributed by atoms with Gasteiger partial charge in [-0.05, 0) is 62.2 Å². The molecular weight excluding hydrogens is 256 g/mol. The van der Waals surface area contributed by atoms with Crippen LogP contribution >= 0.6 is 19.4 Å². The van der Waals surface area contributed by atoms with Crippen molar-refractivity contribution in [3.63, 3.8) is 0 Å². The van der Waals surface area contributed by atoms with E-state index in [9.17, 15) is 0 Å². The Balaban J connectivity index is 0.000000196. The van der Waals surface area contributed by atoms with Crippen molar-refractivity contribution in [3.05, 3.63) is 0 Å². The van der Waals surface area contributed by atoms with Gasteiger partial charge in [-0.3, -0.25) is 0 Å². The molecular formula is C10H16Cl2Zn. The first kappa shape index (κ1) is 10.7. The van der Waals surface area contributed by atoms with Gasteiger partial charge in [0.05, 0.1) is 0 Å². The summed E-state index contributed by atoms with van der Waals surface area (Å²) in [5, 5.41) is 0. The maximum absolute atomic E-state index is 4.95. The number of hydrogen-bond acceptors (Lipinski definition) is 0. The van der Waals surface area contributed by atoms with E-state index in [0.29, 0.717) is 0 Å². The van der Waals surface area contributed by atoms with Gasteiger partial charge in [-0.1, -0.05) is 0 Å². The van der Waals surface area contributed by atoms with Gasteiger partial charge in [0.2, 0.25) is 0 Å². The van der Waals surface area contributed by atoms with Crippen molar-refractivity contribution in [2.24, 2.45) is 23.7 Å². The van der Waals surface area contributed by atoms with E-state index in [2.05, 4.69) is 0 Å². The first-order valence-corrected chi connectivity index (χ1v) is 13.2. The van der Waals surface area contributed by atoms with Gasteiger partial charge in [-0.2, -0.15) is 0 Å². The molecule has 0 N–H and O–H groups in total. The van der Waals surface area contributed by atoms with Crippen LogP contribution in [0.4, 0.5) is 0 Å². The monoisotopic (exact) mass is 270 g/mol. The molecule has 4 rings (SSSR count). The van der Waals surface area contributed by atoms with E-state index in [4.69, 9.17) is 19.4 Å². The minimum atomic E-state index is -0.931. The summed E-state index contributed by atoms with van der Waals surface area (Å²) >= 11 is -0.931. The Bertz CT molecular complexity index is 116. The van der Waals surface area contributed by atoms with Crippen LogP contribution in [0.15, 0.2) is 0 Å². The molecule has 0 radical (unpaired) electrons. The molecule has 0 heterocycles. The predicted octanol–water partition coefficient (Wildman–Crippen LogP) is 4.21. The van der Waals surface area contributed by atoms with E-state index < -0.39 is 15.1 Å². The summed E-state index contributed by atoms with van der Waals surface area (Å²) in [4.78, 5) is 0. The SMILES string of the molecule is C1C2CC3CC1CC(C2)C3.[Cl][Zn][Cl]. The van der Waals surface area contributed by atoms with Crippen LogP contribution in [0.5, 0.6) is 0 Å². The van der Waals surface area contributed by atoms with Crippen LogP contribution in [-0.2, 0) is 15.1 Å². The normalized spacial score (nSPS) is 45.1. The summed E-state index contributed by atoms with van der Waals surface area (Å²) < 4.78 is 0. The zero-order valence-corrected chi connectivity index (χ0v) is 12.5. The Morgan fingerprint density at radius 1 is 0.615 bits per heavy atom. The molecule has 0 nitrogen and oxygen atoms in total. The molecule has 0 saturated heterocycles. The van der Waals surface area contributed by atoms with Gasteiger partial charge in [0.25, 0.3) is 0 Å². The van der Waals surface area contributed by atoms with Crippen LogP contribution < -0.4 is 0 Å². The molecule has 0 atom stereocenters. The quantitative estimate of drug-likeness (QED) is 0.580. The molecule has 4 saturated carbocycles. The summed E-state index contributed by atoms with van der Waals surface area (Å²) in [6.07, 6.45) is 9.62. The fourth-order valence-corrected chi connectivity index (χ4v) is 3.98. The Morgan fingerprint density at radius 2 is 0.769 bits per heavy atom. The molecule has 0 aliphatic heterocycles. The number of rotatable bonds is 0. The first-order chi connectivity index (χ1) is 6.31. The maximum atomic E-state index is 4.95. The predicted molar refractivity (Wildman–Crippen MR) is 53.4 cm³/mol. The molecule has 0 spiro atoms.